The maximum atomic E-state index is 13.2. The Morgan fingerprint density at radius 3 is 1.67 bits per heavy atom. The zero-order valence-corrected chi connectivity index (χ0v) is 26.5. The SMILES string of the molecule is CCCCCCCCc1csc(-c2cc(C(=O)OCC)c(-c3cc(CCCCCCCC)cs3)cc2CC)c1. The van der Waals surface area contributed by atoms with E-state index in [1.165, 1.54) is 109 Å². The molecule has 4 heteroatoms. The van der Waals surface area contributed by atoms with Crippen molar-refractivity contribution in [2.75, 3.05) is 6.61 Å². The van der Waals surface area contributed by atoms with Crippen LogP contribution in [0.5, 0.6) is 0 Å². The first-order valence-corrected chi connectivity index (χ1v) is 17.4. The van der Waals surface area contributed by atoms with Crippen molar-refractivity contribution < 1.29 is 9.53 Å². The summed E-state index contributed by atoms with van der Waals surface area (Å²) >= 11 is 3.57. The molecular weight excluding hydrogens is 517 g/mol. The minimum atomic E-state index is -0.217. The fourth-order valence-corrected chi connectivity index (χ4v) is 7.24. The zero-order valence-electron chi connectivity index (χ0n) is 24.9. The first-order chi connectivity index (χ1) is 19.1. The zero-order chi connectivity index (χ0) is 27.9. The third-order valence-electron chi connectivity index (χ3n) is 7.60. The third kappa shape index (κ3) is 9.90. The van der Waals surface area contributed by atoms with Gasteiger partial charge in [0, 0.05) is 15.3 Å². The van der Waals surface area contributed by atoms with Crippen LogP contribution in [-0.2, 0) is 24.0 Å². The van der Waals surface area contributed by atoms with Crippen molar-refractivity contribution in [1.29, 1.82) is 0 Å². The van der Waals surface area contributed by atoms with Gasteiger partial charge >= 0.3 is 5.97 Å². The van der Waals surface area contributed by atoms with Crippen molar-refractivity contribution in [3.8, 4) is 20.9 Å². The van der Waals surface area contributed by atoms with Crippen LogP contribution < -0.4 is 0 Å². The van der Waals surface area contributed by atoms with Gasteiger partial charge in [-0.25, -0.2) is 4.79 Å². The van der Waals surface area contributed by atoms with E-state index in [2.05, 4.69) is 55.8 Å². The molecule has 214 valence electrons. The minimum Gasteiger partial charge on any atom is -0.462 e. The average molecular weight is 567 g/mol. The van der Waals surface area contributed by atoms with Gasteiger partial charge in [0.25, 0.3) is 0 Å². The van der Waals surface area contributed by atoms with Gasteiger partial charge in [-0.2, -0.15) is 0 Å². The Kier molecular flexibility index (Phi) is 14.4. The molecule has 0 spiro atoms. The molecule has 0 saturated heterocycles. The predicted molar refractivity (Wildman–Crippen MR) is 173 cm³/mol. The van der Waals surface area contributed by atoms with Crippen LogP contribution in [-0.4, -0.2) is 12.6 Å². The Balaban J connectivity index is 1.78. The lowest BCUT2D eigenvalue weighted by atomic mass is 9.94. The number of ether oxygens (including phenoxy) is 1. The Labute approximate surface area is 246 Å². The van der Waals surface area contributed by atoms with Crippen molar-refractivity contribution >= 4 is 28.6 Å². The van der Waals surface area contributed by atoms with E-state index in [0.29, 0.717) is 12.2 Å². The lowest BCUT2D eigenvalue weighted by Gasteiger charge is -2.14. The summed E-state index contributed by atoms with van der Waals surface area (Å²) < 4.78 is 5.54. The monoisotopic (exact) mass is 566 g/mol. The highest BCUT2D eigenvalue weighted by Gasteiger charge is 2.20. The summed E-state index contributed by atoms with van der Waals surface area (Å²) in [6.45, 7) is 9.03. The highest BCUT2D eigenvalue weighted by Crippen LogP contribution is 2.38. The summed E-state index contributed by atoms with van der Waals surface area (Å²) in [4.78, 5) is 15.6. The largest absolute Gasteiger partial charge is 0.462 e. The van der Waals surface area contributed by atoms with Crippen molar-refractivity contribution in [2.45, 2.75) is 124 Å². The summed E-state index contributed by atoms with van der Waals surface area (Å²) in [7, 11) is 0. The fraction of sp³-hybridized carbons (Fsp3) is 0.571. The molecule has 3 rings (SSSR count). The standard InChI is InChI=1S/C35H50O2S2/c1-5-9-11-13-15-17-19-27-21-33(38-25-27)30-24-32(35(36)37-8-4)31(23-29(30)7-3)34-22-28(26-39-34)20-18-16-14-12-10-6-2/h21-26H,5-20H2,1-4H3. The fourth-order valence-electron chi connectivity index (χ4n) is 5.26. The lowest BCUT2D eigenvalue weighted by Crippen LogP contribution is -2.07. The number of carbonyl (C=O) groups is 1. The van der Waals surface area contributed by atoms with Crippen molar-refractivity contribution in [3.63, 3.8) is 0 Å². The van der Waals surface area contributed by atoms with Crippen LogP contribution in [0.1, 0.15) is 132 Å². The Hall–Kier alpha value is -1.91. The van der Waals surface area contributed by atoms with Crippen LogP contribution in [0.4, 0.5) is 0 Å². The number of rotatable bonds is 19. The number of hydrogen-bond donors (Lipinski definition) is 0. The quantitative estimate of drug-likeness (QED) is 0.107. The highest BCUT2D eigenvalue weighted by atomic mass is 32.1. The molecule has 0 N–H and O–H groups in total. The van der Waals surface area contributed by atoms with Crippen LogP contribution in [0.15, 0.2) is 35.0 Å². The molecule has 2 heterocycles. The van der Waals surface area contributed by atoms with E-state index < -0.39 is 0 Å². The minimum absolute atomic E-state index is 0.217. The summed E-state index contributed by atoms with van der Waals surface area (Å²) in [6, 6.07) is 9.02. The molecule has 0 fully saturated rings. The van der Waals surface area contributed by atoms with E-state index in [9.17, 15) is 4.79 Å². The van der Waals surface area contributed by atoms with Crippen LogP contribution in [0.25, 0.3) is 20.9 Å². The first-order valence-electron chi connectivity index (χ1n) is 15.6. The highest BCUT2D eigenvalue weighted by molar-refractivity contribution is 7.14. The molecule has 0 saturated carbocycles. The van der Waals surface area contributed by atoms with E-state index in [4.69, 9.17) is 4.74 Å². The average Bonchev–Trinajstić information content (AvgIpc) is 3.62. The molecule has 39 heavy (non-hydrogen) atoms. The Morgan fingerprint density at radius 1 is 0.641 bits per heavy atom. The molecule has 0 radical (unpaired) electrons. The molecule has 0 unspecified atom stereocenters. The smallest absolute Gasteiger partial charge is 0.338 e. The van der Waals surface area contributed by atoms with Gasteiger partial charge in [-0.15, -0.1) is 22.7 Å². The molecule has 0 atom stereocenters. The molecule has 0 aliphatic heterocycles. The van der Waals surface area contributed by atoms with Crippen molar-refractivity contribution in [2.24, 2.45) is 0 Å². The van der Waals surface area contributed by atoms with E-state index >= 15 is 0 Å². The van der Waals surface area contributed by atoms with E-state index in [1.54, 1.807) is 11.3 Å². The van der Waals surface area contributed by atoms with Crippen LogP contribution in [0, 0.1) is 0 Å². The lowest BCUT2D eigenvalue weighted by molar-refractivity contribution is 0.0527. The summed E-state index contributed by atoms with van der Waals surface area (Å²) in [6.07, 6.45) is 19.0. The molecule has 0 bridgehead atoms. The van der Waals surface area contributed by atoms with E-state index in [-0.39, 0.29) is 5.97 Å². The normalized spacial score (nSPS) is 11.3. The number of hydrogen-bond acceptors (Lipinski definition) is 4. The second-order valence-electron chi connectivity index (χ2n) is 10.8. The van der Waals surface area contributed by atoms with Gasteiger partial charge in [-0.3, -0.25) is 0 Å². The molecule has 2 nitrogen and oxygen atoms in total. The summed E-state index contributed by atoms with van der Waals surface area (Å²) in [5, 5.41) is 4.59. The van der Waals surface area contributed by atoms with E-state index in [1.807, 2.05) is 18.3 Å². The van der Waals surface area contributed by atoms with Crippen molar-refractivity contribution in [3.05, 3.63) is 57.3 Å². The third-order valence-corrected chi connectivity index (χ3v) is 9.62. The first kappa shape index (κ1) is 31.6. The molecular formula is C35H50O2S2. The molecule has 2 aromatic heterocycles. The molecule has 0 amide bonds. The number of benzene rings is 1. The van der Waals surface area contributed by atoms with Gasteiger partial charge in [0.2, 0.25) is 0 Å². The Bertz CT molecular complexity index is 1120. The molecule has 0 aliphatic rings. The number of unbranched alkanes of at least 4 members (excludes halogenated alkanes) is 10. The number of carbonyl (C=O) groups excluding carboxylic acids is 1. The van der Waals surface area contributed by atoms with Gasteiger partial charge in [0.1, 0.15) is 0 Å². The summed E-state index contributed by atoms with van der Waals surface area (Å²) in [5.74, 6) is -0.217. The second-order valence-corrected chi connectivity index (χ2v) is 12.6. The maximum Gasteiger partial charge on any atom is 0.338 e. The Morgan fingerprint density at radius 2 is 1.15 bits per heavy atom. The van der Waals surface area contributed by atoms with E-state index in [0.717, 1.165) is 24.8 Å². The van der Waals surface area contributed by atoms with Gasteiger partial charge < -0.3 is 4.74 Å². The molecule has 3 aromatic rings. The number of thiophene rings is 2. The van der Waals surface area contributed by atoms with Gasteiger partial charge in [-0.1, -0.05) is 85.0 Å². The van der Waals surface area contributed by atoms with Crippen LogP contribution >= 0.6 is 22.7 Å². The van der Waals surface area contributed by atoms with Crippen LogP contribution in [0.2, 0.25) is 0 Å². The summed E-state index contributed by atoms with van der Waals surface area (Å²) in [5.41, 5.74) is 7.02. The van der Waals surface area contributed by atoms with Gasteiger partial charge in [-0.05, 0) is 96.3 Å². The number of aryl methyl sites for hydroxylation is 3. The maximum absolute atomic E-state index is 13.2. The molecule has 1 aromatic carbocycles. The van der Waals surface area contributed by atoms with Gasteiger partial charge in [0.05, 0.1) is 12.2 Å². The predicted octanol–water partition coefficient (Wildman–Crippen LogP) is 11.7. The van der Waals surface area contributed by atoms with Crippen molar-refractivity contribution in [1.82, 2.24) is 0 Å². The molecule has 0 aliphatic carbocycles. The van der Waals surface area contributed by atoms with Crippen LogP contribution in [0.3, 0.4) is 0 Å². The van der Waals surface area contributed by atoms with Gasteiger partial charge in [0.15, 0.2) is 0 Å². The number of esters is 1. The second kappa shape index (κ2) is 17.7. The topological polar surface area (TPSA) is 26.3 Å².